The van der Waals surface area contributed by atoms with Crippen LogP contribution in [0.15, 0.2) is 48.1 Å². The van der Waals surface area contributed by atoms with Crippen molar-refractivity contribution in [2.75, 3.05) is 0 Å². The number of hydrogen-bond donors (Lipinski definition) is 1. The Bertz CT molecular complexity index is 610. The zero-order valence-corrected chi connectivity index (χ0v) is 10.4. The summed E-state index contributed by atoms with van der Waals surface area (Å²) in [4.78, 5) is 23.2. The Morgan fingerprint density at radius 1 is 1.16 bits per heavy atom. The monoisotopic (exact) mass is 254 g/mol. The number of carbonyl (C=O) groups excluding carboxylic acids is 1. The second-order valence-corrected chi connectivity index (χ2v) is 5.10. The third-order valence-corrected chi connectivity index (χ3v) is 3.91. The summed E-state index contributed by atoms with van der Waals surface area (Å²) in [5.41, 5.74) is 2.15. The summed E-state index contributed by atoms with van der Waals surface area (Å²) in [5.74, 6) is -0.602. The molecule has 0 radical (unpaired) electrons. The first-order valence-electron chi connectivity index (χ1n) is 6.39. The fourth-order valence-electron chi connectivity index (χ4n) is 2.90. The van der Waals surface area contributed by atoms with Crippen molar-refractivity contribution in [1.29, 1.82) is 0 Å². The van der Waals surface area contributed by atoms with Crippen molar-refractivity contribution in [2.24, 2.45) is 11.8 Å². The molecule has 2 aliphatic rings. The minimum Gasteiger partial charge on any atom is -0.478 e. The zero-order valence-electron chi connectivity index (χ0n) is 10.4. The second kappa shape index (κ2) is 4.50. The first kappa shape index (κ1) is 11.9. The maximum atomic E-state index is 12.2. The molecule has 0 aliphatic heterocycles. The predicted octanol–water partition coefficient (Wildman–Crippen LogP) is 2.63. The number of carbonyl (C=O) groups is 2. The lowest BCUT2D eigenvalue weighted by Crippen LogP contribution is -2.18. The molecule has 0 saturated heterocycles. The molecule has 0 spiro atoms. The summed E-state index contributed by atoms with van der Waals surface area (Å²) in [5, 5.41) is 9.03. The molecule has 0 aromatic heterocycles. The smallest absolute Gasteiger partial charge is 0.335 e. The van der Waals surface area contributed by atoms with Crippen LogP contribution in [-0.4, -0.2) is 16.9 Å². The number of Topliss-reactive ketones (excluding diaryl/α,β-unsaturated/α-hetero) is 1. The molecular formula is C16H14O3. The third kappa shape index (κ3) is 2.12. The molecule has 2 atom stereocenters. The largest absolute Gasteiger partial charge is 0.478 e. The van der Waals surface area contributed by atoms with Gasteiger partial charge >= 0.3 is 5.97 Å². The van der Waals surface area contributed by atoms with E-state index in [4.69, 9.17) is 5.11 Å². The summed E-state index contributed by atoms with van der Waals surface area (Å²) in [6.45, 7) is 0. The quantitative estimate of drug-likeness (QED) is 0.838. The second-order valence-electron chi connectivity index (χ2n) is 5.10. The zero-order chi connectivity index (χ0) is 13.4. The average Bonchev–Trinajstić information content (AvgIpc) is 2.54. The minimum atomic E-state index is -0.927. The number of benzene rings is 1. The van der Waals surface area contributed by atoms with E-state index in [1.807, 2.05) is 30.3 Å². The van der Waals surface area contributed by atoms with Crippen LogP contribution in [-0.2, 0) is 11.2 Å². The van der Waals surface area contributed by atoms with E-state index in [1.54, 1.807) is 12.2 Å². The lowest BCUT2D eigenvalue weighted by Gasteiger charge is -2.22. The normalized spacial score (nSPS) is 25.1. The van der Waals surface area contributed by atoms with Gasteiger partial charge in [-0.25, -0.2) is 4.79 Å². The van der Waals surface area contributed by atoms with Crippen molar-refractivity contribution in [1.82, 2.24) is 0 Å². The maximum absolute atomic E-state index is 12.2. The fourth-order valence-corrected chi connectivity index (χ4v) is 2.90. The van der Waals surface area contributed by atoms with E-state index in [2.05, 4.69) is 0 Å². The highest BCUT2D eigenvalue weighted by Crippen LogP contribution is 2.34. The molecule has 1 aromatic carbocycles. The van der Waals surface area contributed by atoms with Gasteiger partial charge in [0.15, 0.2) is 5.78 Å². The van der Waals surface area contributed by atoms with Gasteiger partial charge in [-0.3, -0.25) is 4.79 Å². The first-order valence-corrected chi connectivity index (χ1v) is 6.39. The molecule has 19 heavy (non-hydrogen) atoms. The van der Waals surface area contributed by atoms with Gasteiger partial charge in [-0.05, 0) is 23.8 Å². The predicted molar refractivity (Wildman–Crippen MR) is 70.9 cm³/mol. The van der Waals surface area contributed by atoms with Gasteiger partial charge < -0.3 is 5.11 Å². The number of fused-ring (bicyclic) bond motifs is 2. The van der Waals surface area contributed by atoms with Crippen LogP contribution in [0.5, 0.6) is 0 Å². The molecule has 1 aromatic rings. The number of carboxylic acids is 1. The van der Waals surface area contributed by atoms with Crippen molar-refractivity contribution >= 4 is 11.8 Å². The van der Waals surface area contributed by atoms with Crippen LogP contribution in [0.3, 0.4) is 0 Å². The minimum absolute atomic E-state index is 0.00370. The number of aliphatic carboxylic acids is 1. The van der Waals surface area contributed by atoms with Gasteiger partial charge in [0.25, 0.3) is 0 Å². The number of allylic oxidation sites excluding steroid dienone is 2. The summed E-state index contributed by atoms with van der Waals surface area (Å²) in [6.07, 6.45) is 6.51. The van der Waals surface area contributed by atoms with Crippen molar-refractivity contribution in [3.63, 3.8) is 0 Å². The molecule has 0 heterocycles. The molecule has 96 valence electrons. The van der Waals surface area contributed by atoms with E-state index in [9.17, 15) is 9.59 Å². The summed E-state index contributed by atoms with van der Waals surface area (Å²) in [6, 6.07) is 7.66. The number of rotatable bonds is 1. The van der Waals surface area contributed by atoms with Crippen LogP contribution in [0.1, 0.15) is 22.3 Å². The molecule has 1 N–H and O–H groups in total. The van der Waals surface area contributed by atoms with Crippen molar-refractivity contribution < 1.29 is 14.7 Å². The Morgan fingerprint density at radius 2 is 1.95 bits per heavy atom. The van der Waals surface area contributed by atoms with Crippen LogP contribution in [0.4, 0.5) is 0 Å². The van der Waals surface area contributed by atoms with E-state index in [-0.39, 0.29) is 17.6 Å². The van der Waals surface area contributed by atoms with Gasteiger partial charge in [0.1, 0.15) is 0 Å². The van der Waals surface area contributed by atoms with E-state index >= 15 is 0 Å². The molecular weight excluding hydrogens is 240 g/mol. The summed E-state index contributed by atoms with van der Waals surface area (Å²) >= 11 is 0. The standard InChI is InChI=1S/C16H14O3/c17-15-9-13-8-12(16(18)19)6-5-10(13)7-11-3-1-2-4-14(11)15/h1-6,8,10,13H,7,9H2,(H,18,19). The van der Waals surface area contributed by atoms with Gasteiger partial charge in [-0.1, -0.05) is 42.5 Å². The Balaban J connectivity index is 1.98. The maximum Gasteiger partial charge on any atom is 0.335 e. The highest BCUT2D eigenvalue weighted by atomic mass is 16.4. The van der Waals surface area contributed by atoms with Crippen LogP contribution in [0.25, 0.3) is 0 Å². The van der Waals surface area contributed by atoms with Crippen LogP contribution < -0.4 is 0 Å². The molecule has 3 heteroatoms. The van der Waals surface area contributed by atoms with E-state index < -0.39 is 5.97 Å². The molecule has 2 aliphatic carbocycles. The number of ketones is 1. The van der Waals surface area contributed by atoms with Gasteiger partial charge in [0, 0.05) is 12.0 Å². The number of hydrogen-bond acceptors (Lipinski definition) is 2. The van der Waals surface area contributed by atoms with Crippen molar-refractivity contribution in [3.8, 4) is 0 Å². The summed E-state index contributed by atoms with van der Waals surface area (Å²) in [7, 11) is 0. The van der Waals surface area contributed by atoms with Gasteiger partial charge in [0.2, 0.25) is 0 Å². The molecule has 0 bridgehead atoms. The Kier molecular flexibility index (Phi) is 2.82. The number of carboxylic acid groups (broad SMARTS) is 1. The molecule has 0 amide bonds. The first-order chi connectivity index (χ1) is 9.15. The topological polar surface area (TPSA) is 54.4 Å². The Labute approximate surface area is 111 Å². The van der Waals surface area contributed by atoms with Crippen molar-refractivity contribution in [2.45, 2.75) is 12.8 Å². The van der Waals surface area contributed by atoms with Crippen LogP contribution in [0.2, 0.25) is 0 Å². The third-order valence-electron chi connectivity index (χ3n) is 3.91. The van der Waals surface area contributed by atoms with Crippen molar-refractivity contribution in [3.05, 3.63) is 59.2 Å². The lowest BCUT2D eigenvalue weighted by atomic mass is 9.81. The summed E-state index contributed by atoms with van der Waals surface area (Å²) < 4.78 is 0. The molecule has 3 nitrogen and oxygen atoms in total. The van der Waals surface area contributed by atoms with E-state index in [1.165, 1.54) is 0 Å². The molecule has 3 rings (SSSR count). The van der Waals surface area contributed by atoms with Crippen LogP contribution in [0, 0.1) is 11.8 Å². The van der Waals surface area contributed by atoms with Crippen LogP contribution >= 0.6 is 0 Å². The van der Waals surface area contributed by atoms with E-state index in [0.717, 1.165) is 17.5 Å². The molecule has 0 fully saturated rings. The van der Waals surface area contributed by atoms with E-state index in [0.29, 0.717) is 12.0 Å². The molecule has 0 saturated carbocycles. The highest BCUT2D eigenvalue weighted by molar-refractivity contribution is 5.98. The SMILES string of the molecule is O=C(O)C1=CC2CC(=O)c3ccccc3CC2C=C1. The van der Waals surface area contributed by atoms with Gasteiger partial charge in [0.05, 0.1) is 5.57 Å². The molecule has 2 unspecified atom stereocenters. The highest BCUT2D eigenvalue weighted by Gasteiger charge is 2.30. The van der Waals surface area contributed by atoms with Gasteiger partial charge in [-0.15, -0.1) is 0 Å². The average molecular weight is 254 g/mol. The Morgan fingerprint density at radius 3 is 2.74 bits per heavy atom. The van der Waals surface area contributed by atoms with Gasteiger partial charge in [-0.2, -0.15) is 0 Å². The lowest BCUT2D eigenvalue weighted by molar-refractivity contribution is -0.132. The Hall–Kier alpha value is -2.16. The fraction of sp³-hybridized carbons (Fsp3) is 0.250.